The first-order chi connectivity index (χ1) is 9.24. The van der Waals surface area contributed by atoms with Crippen molar-refractivity contribution in [3.05, 3.63) is 23.2 Å². The van der Waals surface area contributed by atoms with Crippen LogP contribution in [0.4, 0.5) is 5.69 Å². The number of thiazole rings is 1. The lowest BCUT2D eigenvalue weighted by atomic mass is 9.93. The molecule has 0 atom stereocenters. The number of nitrogens with one attached hydrogen (secondary N) is 1. The Morgan fingerprint density at radius 3 is 2.79 bits per heavy atom. The Balaban J connectivity index is 1.68. The van der Waals surface area contributed by atoms with Gasteiger partial charge in [-0.05, 0) is 50.8 Å². The van der Waals surface area contributed by atoms with Gasteiger partial charge in [0, 0.05) is 18.8 Å². The zero-order valence-electron chi connectivity index (χ0n) is 11.5. The molecule has 1 aliphatic rings. The van der Waals surface area contributed by atoms with Gasteiger partial charge in [0.2, 0.25) is 0 Å². The van der Waals surface area contributed by atoms with Gasteiger partial charge in [0.15, 0.2) is 0 Å². The Morgan fingerprint density at radius 1 is 1.26 bits per heavy atom. The number of benzene rings is 1. The van der Waals surface area contributed by atoms with Gasteiger partial charge in [0.05, 0.1) is 21.3 Å². The molecule has 1 N–H and O–H groups in total. The summed E-state index contributed by atoms with van der Waals surface area (Å²) in [6.45, 7) is 2.06. The first-order valence-electron chi connectivity index (χ1n) is 6.91. The molecule has 4 heteroatoms. The average molecular weight is 276 g/mol. The van der Waals surface area contributed by atoms with E-state index in [2.05, 4.69) is 35.4 Å². The number of methoxy groups -OCH3 is 1. The lowest BCUT2D eigenvalue weighted by Gasteiger charge is -2.28. The zero-order chi connectivity index (χ0) is 13.2. The smallest absolute Gasteiger partial charge is 0.0907 e. The fraction of sp³-hybridized carbons (Fsp3) is 0.533. The quantitative estimate of drug-likeness (QED) is 0.921. The molecule has 0 bridgehead atoms. The molecule has 1 aromatic heterocycles. The minimum absolute atomic E-state index is 0.463. The minimum atomic E-state index is 0.463. The van der Waals surface area contributed by atoms with Crippen LogP contribution in [0.2, 0.25) is 0 Å². The van der Waals surface area contributed by atoms with Crippen molar-refractivity contribution in [1.82, 2.24) is 4.98 Å². The maximum atomic E-state index is 5.42. The maximum Gasteiger partial charge on any atom is 0.0907 e. The maximum absolute atomic E-state index is 5.42. The van der Waals surface area contributed by atoms with Crippen LogP contribution in [0.25, 0.3) is 10.2 Å². The second-order valence-electron chi connectivity index (χ2n) is 5.27. The molecule has 1 aromatic carbocycles. The van der Waals surface area contributed by atoms with Crippen molar-refractivity contribution in [2.24, 2.45) is 0 Å². The van der Waals surface area contributed by atoms with Crippen LogP contribution in [0.3, 0.4) is 0 Å². The Hall–Kier alpha value is -1.13. The van der Waals surface area contributed by atoms with Crippen molar-refractivity contribution in [2.45, 2.75) is 44.8 Å². The first kappa shape index (κ1) is 12.9. The highest BCUT2D eigenvalue weighted by Crippen LogP contribution is 2.27. The second kappa shape index (κ2) is 5.47. The van der Waals surface area contributed by atoms with E-state index in [0.717, 1.165) is 23.4 Å². The number of hydrogen-bond donors (Lipinski definition) is 1. The summed E-state index contributed by atoms with van der Waals surface area (Å²) in [5.74, 6) is 0. The van der Waals surface area contributed by atoms with Crippen LogP contribution in [0.15, 0.2) is 18.2 Å². The monoisotopic (exact) mass is 276 g/mol. The van der Waals surface area contributed by atoms with Gasteiger partial charge in [-0.25, -0.2) is 4.98 Å². The van der Waals surface area contributed by atoms with E-state index in [-0.39, 0.29) is 0 Å². The van der Waals surface area contributed by atoms with Crippen molar-refractivity contribution >= 4 is 27.2 Å². The predicted molar refractivity (Wildman–Crippen MR) is 81.0 cm³/mol. The number of ether oxygens (including phenoxy) is 1. The Bertz CT molecular complexity index is 558. The highest BCUT2D eigenvalue weighted by atomic mass is 32.1. The molecule has 0 unspecified atom stereocenters. The number of aromatic nitrogens is 1. The number of aryl methyl sites for hydroxylation is 1. The summed E-state index contributed by atoms with van der Waals surface area (Å²) in [5.41, 5.74) is 2.33. The number of rotatable bonds is 3. The van der Waals surface area contributed by atoms with Gasteiger partial charge < -0.3 is 10.1 Å². The standard InChI is InChI=1S/C15H20N2OS/c1-10-16-14-8-5-12(9-15(14)19-10)17-11-3-6-13(18-2)7-4-11/h5,8-9,11,13,17H,3-4,6-7H2,1-2H3. The topological polar surface area (TPSA) is 34.1 Å². The van der Waals surface area contributed by atoms with Crippen LogP contribution in [0, 0.1) is 6.92 Å². The van der Waals surface area contributed by atoms with Gasteiger partial charge in [-0.1, -0.05) is 0 Å². The summed E-state index contributed by atoms with van der Waals surface area (Å²) in [5, 5.41) is 4.78. The molecule has 0 saturated heterocycles. The molecule has 0 spiro atoms. The Kier molecular flexibility index (Phi) is 3.71. The molecule has 2 aromatic rings. The number of nitrogens with zero attached hydrogens (tertiary/aromatic N) is 1. The lowest BCUT2D eigenvalue weighted by molar-refractivity contribution is 0.0682. The van der Waals surface area contributed by atoms with Crippen LogP contribution >= 0.6 is 11.3 Å². The normalized spacial score (nSPS) is 23.7. The van der Waals surface area contributed by atoms with Gasteiger partial charge in [-0.2, -0.15) is 0 Å². The summed E-state index contributed by atoms with van der Waals surface area (Å²) in [6.07, 6.45) is 5.17. The van der Waals surface area contributed by atoms with Gasteiger partial charge in [-0.3, -0.25) is 0 Å². The van der Waals surface area contributed by atoms with Crippen molar-refractivity contribution in [3.8, 4) is 0 Å². The van der Waals surface area contributed by atoms with Crippen molar-refractivity contribution in [1.29, 1.82) is 0 Å². The second-order valence-corrected chi connectivity index (χ2v) is 6.50. The van der Waals surface area contributed by atoms with E-state index in [9.17, 15) is 0 Å². The van der Waals surface area contributed by atoms with Crippen molar-refractivity contribution in [2.75, 3.05) is 12.4 Å². The SMILES string of the molecule is COC1CCC(Nc2ccc3nc(C)sc3c2)CC1. The van der Waals surface area contributed by atoms with E-state index < -0.39 is 0 Å². The van der Waals surface area contributed by atoms with Crippen molar-refractivity contribution < 1.29 is 4.74 Å². The summed E-state index contributed by atoms with van der Waals surface area (Å²) in [6, 6.07) is 7.06. The van der Waals surface area contributed by atoms with Gasteiger partial charge >= 0.3 is 0 Å². The van der Waals surface area contributed by atoms with E-state index in [1.807, 2.05) is 7.11 Å². The molecule has 0 amide bonds. The van der Waals surface area contributed by atoms with E-state index in [1.54, 1.807) is 11.3 Å². The fourth-order valence-corrected chi connectivity index (χ4v) is 3.67. The third kappa shape index (κ3) is 2.90. The molecule has 3 nitrogen and oxygen atoms in total. The Labute approximate surface area is 118 Å². The fourth-order valence-electron chi connectivity index (χ4n) is 2.81. The van der Waals surface area contributed by atoms with Crippen LogP contribution in [-0.4, -0.2) is 24.2 Å². The summed E-state index contributed by atoms with van der Waals surface area (Å²) in [4.78, 5) is 4.50. The van der Waals surface area contributed by atoms with Crippen molar-refractivity contribution in [3.63, 3.8) is 0 Å². The van der Waals surface area contributed by atoms with Gasteiger partial charge in [0.25, 0.3) is 0 Å². The number of hydrogen-bond acceptors (Lipinski definition) is 4. The van der Waals surface area contributed by atoms with Gasteiger partial charge in [0.1, 0.15) is 0 Å². The number of fused-ring (bicyclic) bond motifs is 1. The van der Waals surface area contributed by atoms with E-state index in [0.29, 0.717) is 12.1 Å². The Morgan fingerprint density at radius 2 is 2.05 bits per heavy atom. The summed E-state index contributed by atoms with van der Waals surface area (Å²) in [7, 11) is 1.82. The zero-order valence-corrected chi connectivity index (χ0v) is 12.3. The molecule has 102 valence electrons. The summed E-state index contributed by atoms with van der Waals surface area (Å²) >= 11 is 1.76. The van der Waals surface area contributed by atoms with Crippen LogP contribution in [0.1, 0.15) is 30.7 Å². The highest BCUT2D eigenvalue weighted by molar-refractivity contribution is 7.18. The molecular formula is C15H20N2OS. The van der Waals surface area contributed by atoms with E-state index in [1.165, 1.54) is 23.2 Å². The molecule has 1 fully saturated rings. The minimum Gasteiger partial charge on any atom is -0.382 e. The molecule has 1 heterocycles. The third-order valence-corrected chi connectivity index (χ3v) is 4.81. The predicted octanol–water partition coefficient (Wildman–Crippen LogP) is 3.97. The van der Waals surface area contributed by atoms with E-state index in [4.69, 9.17) is 4.74 Å². The van der Waals surface area contributed by atoms with E-state index >= 15 is 0 Å². The molecule has 19 heavy (non-hydrogen) atoms. The van der Waals surface area contributed by atoms with Crippen LogP contribution in [-0.2, 0) is 4.74 Å². The average Bonchev–Trinajstić information content (AvgIpc) is 2.79. The van der Waals surface area contributed by atoms with Gasteiger partial charge in [-0.15, -0.1) is 11.3 Å². The molecule has 3 rings (SSSR count). The summed E-state index contributed by atoms with van der Waals surface area (Å²) < 4.78 is 6.69. The third-order valence-electron chi connectivity index (χ3n) is 3.87. The highest BCUT2D eigenvalue weighted by Gasteiger charge is 2.20. The van der Waals surface area contributed by atoms with Crippen LogP contribution < -0.4 is 5.32 Å². The molecule has 1 aliphatic carbocycles. The largest absolute Gasteiger partial charge is 0.382 e. The molecule has 0 aliphatic heterocycles. The number of anilines is 1. The molecule has 1 saturated carbocycles. The lowest BCUT2D eigenvalue weighted by Crippen LogP contribution is -2.29. The molecule has 0 radical (unpaired) electrons. The molecular weight excluding hydrogens is 256 g/mol. The first-order valence-corrected chi connectivity index (χ1v) is 7.73. The van der Waals surface area contributed by atoms with Crippen LogP contribution in [0.5, 0.6) is 0 Å².